The SMILES string of the molecule is Cn1cc([C@@H]2C[C@@H]2C(=O)N2CCC[C@@H](n3cncn3)C2)cn1. The maximum Gasteiger partial charge on any atom is 0.226 e. The number of aryl methyl sites for hydroxylation is 1. The minimum Gasteiger partial charge on any atom is -0.340 e. The van der Waals surface area contributed by atoms with Crippen LogP contribution in [0.2, 0.25) is 0 Å². The molecule has 22 heavy (non-hydrogen) atoms. The number of nitrogens with zero attached hydrogens (tertiary/aromatic N) is 6. The molecule has 2 aromatic rings. The minimum atomic E-state index is 0.138. The predicted octanol–water partition coefficient (Wildman–Crippen LogP) is 0.979. The number of amides is 1. The van der Waals surface area contributed by atoms with Crippen molar-refractivity contribution < 1.29 is 4.79 Å². The van der Waals surface area contributed by atoms with Gasteiger partial charge < -0.3 is 4.90 Å². The summed E-state index contributed by atoms with van der Waals surface area (Å²) in [4.78, 5) is 18.7. The van der Waals surface area contributed by atoms with Crippen LogP contribution >= 0.6 is 0 Å². The molecule has 0 bridgehead atoms. The van der Waals surface area contributed by atoms with Crippen LogP contribution in [0.3, 0.4) is 0 Å². The summed E-state index contributed by atoms with van der Waals surface area (Å²) in [5, 5.41) is 8.42. The highest BCUT2D eigenvalue weighted by Crippen LogP contribution is 2.48. The van der Waals surface area contributed by atoms with Gasteiger partial charge in [-0.2, -0.15) is 10.2 Å². The number of piperidine rings is 1. The first-order chi connectivity index (χ1) is 10.7. The molecular weight excluding hydrogens is 280 g/mol. The summed E-state index contributed by atoms with van der Waals surface area (Å²) in [6, 6.07) is 0.260. The predicted molar refractivity (Wildman–Crippen MR) is 78.9 cm³/mol. The van der Waals surface area contributed by atoms with E-state index in [0.717, 1.165) is 32.4 Å². The Morgan fingerprint density at radius 2 is 2.27 bits per heavy atom. The number of aromatic nitrogens is 5. The lowest BCUT2D eigenvalue weighted by Crippen LogP contribution is -2.41. The topological polar surface area (TPSA) is 68.8 Å². The average Bonchev–Trinajstić information content (AvgIpc) is 2.95. The standard InChI is InChI=1S/C15H20N6O/c1-19-7-11(6-17-19)13-5-14(13)15(22)20-4-2-3-12(8-20)21-10-16-9-18-21/h6-7,9-10,12-14H,2-5,8H2,1H3/t12-,13+,14+/m1/s1. The van der Waals surface area contributed by atoms with Gasteiger partial charge in [0.1, 0.15) is 12.7 Å². The van der Waals surface area contributed by atoms with Crippen LogP contribution in [-0.2, 0) is 11.8 Å². The Morgan fingerprint density at radius 1 is 1.36 bits per heavy atom. The Labute approximate surface area is 128 Å². The molecule has 1 amide bonds. The smallest absolute Gasteiger partial charge is 0.226 e. The highest BCUT2D eigenvalue weighted by atomic mass is 16.2. The molecule has 2 fully saturated rings. The van der Waals surface area contributed by atoms with Gasteiger partial charge in [0, 0.05) is 32.3 Å². The number of likely N-dealkylation sites (tertiary alicyclic amines) is 1. The number of rotatable bonds is 3. The van der Waals surface area contributed by atoms with E-state index in [1.54, 1.807) is 17.3 Å². The van der Waals surface area contributed by atoms with E-state index < -0.39 is 0 Å². The monoisotopic (exact) mass is 300 g/mol. The molecule has 7 nitrogen and oxygen atoms in total. The lowest BCUT2D eigenvalue weighted by atomic mass is 10.0. The molecule has 0 N–H and O–H groups in total. The summed E-state index contributed by atoms with van der Waals surface area (Å²) in [6.07, 6.45) is 10.2. The number of carbonyl (C=O) groups is 1. The fourth-order valence-corrected chi connectivity index (χ4v) is 3.48. The van der Waals surface area contributed by atoms with Crippen molar-refractivity contribution in [2.24, 2.45) is 13.0 Å². The molecule has 1 aliphatic carbocycles. The van der Waals surface area contributed by atoms with Crippen LogP contribution in [0.25, 0.3) is 0 Å². The highest BCUT2D eigenvalue weighted by Gasteiger charge is 2.47. The first kappa shape index (κ1) is 13.5. The second-order valence-corrected chi connectivity index (χ2v) is 6.35. The largest absolute Gasteiger partial charge is 0.340 e. The first-order valence-electron chi connectivity index (χ1n) is 7.84. The third kappa shape index (κ3) is 2.40. The molecular formula is C15H20N6O. The van der Waals surface area contributed by atoms with Gasteiger partial charge in [-0.05, 0) is 30.7 Å². The summed E-state index contributed by atoms with van der Waals surface area (Å²) in [7, 11) is 1.91. The van der Waals surface area contributed by atoms with E-state index in [-0.39, 0.29) is 12.0 Å². The third-order valence-electron chi connectivity index (χ3n) is 4.78. The second-order valence-electron chi connectivity index (χ2n) is 6.35. The van der Waals surface area contributed by atoms with Crippen molar-refractivity contribution in [3.05, 3.63) is 30.6 Å². The van der Waals surface area contributed by atoms with Crippen LogP contribution in [0.5, 0.6) is 0 Å². The van der Waals surface area contributed by atoms with Crippen LogP contribution in [0.1, 0.15) is 36.8 Å². The molecule has 3 atom stereocenters. The molecule has 3 heterocycles. The molecule has 0 radical (unpaired) electrons. The molecule has 0 spiro atoms. The van der Waals surface area contributed by atoms with Crippen molar-refractivity contribution in [2.45, 2.75) is 31.2 Å². The van der Waals surface area contributed by atoms with Crippen LogP contribution in [0.15, 0.2) is 25.0 Å². The van der Waals surface area contributed by atoms with Gasteiger partial charge in [-0.3, -0.25) is 9.48 Å². The van der Waals surface area contributed by atoms with E-state index in [2.05, 4.69) is 15.2 Å². The van der Waals surface area contributed by atoms with Crippen LogP contribution in [0, 0.1) is 5.92 Å². The van der Waals surface area contributed by atoms with Gasteiger partial charge in [-0.15, -0.1) is 0 Å². The van der Waals surface area contributed by atoms with Gasteiger partial charge in [-0.25, -0.2) is 9.67 Å². The highest BCUT2D eigenvalue weighted by molar-refractivity contribution is 5.83. The Kier molecular flexibility index (Phi) is 3.20. The van der Waals surface area contributed by atoms with Gasteiger partial charge in [0.15, 0.2) is 0 Å². The first-order valence-corrected chi connectivity index (χ1v) is 7.84. The molecule has 1 saturated heterocycles. The Morgan fingerprint density at radius 3 is 3.00 bits per heavy atom. The van der Waals surface area contributed by atoms with Crippen LogP contribution in [-0.4, -0.2) is 48.4 Å². The molecule has 2 aliphatic rings. The fourth-order valence-electron chi connectivity index (χ4n) is 3.48. The zero-order chi connectivity index (χ0) is 15.1. The molecule has 2 aromatic heterocycles. The third-order valence-corrected chi connectivity index (χ3v) is 4.78. The van der Waals surface area contributed by atoms with Crippen molar-refractivity contribution in [1.29, 1.82) is 0 Å². The van der Waals surface area contributed by atoms with Crippen LogP contribution < -0.4 is 0 Å². The van der Waals surface area contributed by atoms with Crippen molar-refractivity contribution in [2.75, 3.05) is 13.1 Å². The average molecular weight is 300 g/mol. The van der Waals surface area contributed by atoms with Gasteiger partial charge in [-0.1, -0.05) is 0 Å². The van der Waals surface area contributed by atoms with Crippen molar-refractivity contribution in [1.82, 2.24) is 29.4 Å². The summed E-state index contributed by atoms with van der Waals surface area (Å²) < 4.78 is 3.68. The molecule has 1 aliphatic heterocycles. The van der Waals surface area contributed by atoms with Crippen LogP contribution in [0.4, 0.5) is 0 Å². The normalized spacial score (nSPS) is 27.9. The molecule has 0 aromatic carbocycles. The molecule has 4 rings (SSSR count). The maximum absolute atomic E-state index is 12.7. The van der Waals surface area contributed by atoms with Gasteiger partial charge in [0.2, 0.25) is 5.91 Å². The fraction of sp³-hybridized carbons (Fsp3) is 0.600. The van der Waals surface area contributed by atoms with E-state index in [4.69, 9.17) is 0 Å². The molecule has 0 unspecified atom stereocenters. The van der Waals surface area contributed by atoms with Gasteiger partial charge in [0.05, 0.1) is 12.2 Å². The number of hydrogen-bond acceptors (Lipinski definition) is 4. The van der Waals surface area contributed by atoms with Gasteiger partial charge in [0.25, 0.3) is 0 Å². The van der Waals surface area contributed by atoms with Crippen molar-refractivity contribution >= 4 is 5.91 Å². The zero-order valence-corrected chi connectivity index (χ0v) is 12.7. The zero-order valence-electron chi connectivity index (χ0n) is 12.7. The lowest BCUT2D eigenvalue weighted by Gasteiger charge is -2.32. The molecule has 116 valence electrons. The van der Waals surface area contributed by atoms with Crippen molar-refractivity contribution in [3.63, 3.8) is 0 Å². The number of carbonyl (C=O) groups excluding carboxylic acids is 1. The quantitative estimate of drug-likeness (QED) is 0.847. The van der Waals surface area contributed by atoms with E-state index in [9.17, 15) is 4.79 Å². The Bertz CT molecular complexity index is 663. The summed E-state index contributed by atoms with van der Waals surface area (Å²) in [5.41, 5.74) is 1.19. The van der Waals surface area contributed by atoms with Gasteiger partial charge >= 0.3 is 0 Å². The van der Waals surface area contributed by atoms with Crippen molar-refractivity contribution in [3.8, 4) is 0 Å². The Balaban J connectivity index is 1.41. The second kappa shape index (κ2) is 5.23. The lowest BCUT2D eigenvalue weighted by molar-refractivity contribution is -0.134. The molecule has 7 heteroatoms. The summed E-state index contributed by atoms with van der Waals surface area (Å²) in [6.45, 7) is 1.61. The maximum atomic E-state index is 12.7. The minimum absolute atomic E-state index is 0.138. The summed E-state index contributed by atoms with van der Waals surface area (Å²) in [5.74, 6) is 0.783. The Hall–Kier alpha value is -2.18. The summed E-state index contributed by atoms with van der Waals surface area (Å²) >= 11 is 0. The van der Waals surface area contributed by atoms with E-state index in [1.165, 1.54) is 5.56 Å². The van der Waals surface area contributed by atoms with E-state index in [1.807, 2.05) is 29.0 Å². The van der Waals surface area contributed by atoms with E-state index >= 15 is 0 Å². The van der Waals surface area contributed by atoms with E-state index in [0.29, 0.717) is 11.8 Å². The number of hydrogen-bond donors (Lipinski definition) is 0. The molecule has 1 saturated carbocycles.